The molecule has 0 atom stereocenters. The van der Waals surface area contributed by atoms with Crippen LogP contribution in [0.4, 0.5) is 0 Å². The summed E-state index contributed by atoms with van der Waals surface area (Å²) in [4.78, 5) is 14.9. The second-order valence-corrected chi connectivity index (χ2v) is 6.15. The van der Waals surface area contributed by atoms with E-state index >= 15 is 0 Å². The van der Waals surface area contributed by atoms with Gasteiger partial charge in [-0.05, 0) is 23.7 Å². The van der Waals surface area contributed by atoms with Crippen LogP contribution in [0.15, 0.2) is 91.0 Å². The third-order valence-electron chi connectivity index (χ3n) is 4.57. The van der Waals surface area contributed by atoms with Gasteiger partial charge in [-0.15, -0.1) is 0 Å². The van der Waals surface area contributed by atoms with E-state index in [-0.39, 0.29) is 5.91 Å². The summed E-state index contributed by atoms with van der Waals surface area (Å²) in [5.41, 5.74) is 7.84. The predicted octanol–water partition coefficient (Wildman–Crippen LogP) is 3.55. The van der Waals surface area contributed by atoms with Crippen molar-refractivity contribution in [2.45, 2.75) is 12.1 Å². The Hall–Kier alpha value is -2.91. The topological polar surface area (TPSA) is 46.3 Å². The van der Waals surface area contributed by atoms with Crippen molar-refractivity contribution in [2.24, 2.45) is 5.73 Å². The Bertz CT molecular complexity index is 777. The van der Waals surface area contributed by atoms with Gasteiger partial charge in [-0.1, -0.05) is 91.0 Å². The molecule has 0 aromatic heterocycles. The van der Waals surface area contributed by atoms with Gasteiger partial charge in [-0.3, -0.25) is 9.69 Å². The van der Waals surface area contributed by atoms with E-state index in [1.54, 1.807) is 0 Å². The highest BCUT2D eigenvalue weighted by Gasteiger charge is 2.44. The second-order valence-electron chi connectivity index (χ2n) is 6.15. The third-order valence-corrected chi connectivity index (χ3v) is 4.57. The summed E-state index contributed by atoms with van der Waals surface area (Å²) in [5.74, 6) is -0.386. The fourth-order valence-electron chi connectivity index (χ4n) is 3.41. The second kappa shape index (κ2) is 7.32. The summed E-state index contributed by atoms with van der Waals surface area (Å²) >= 11 is 0. The van der Waals surface area contributed by atoms with Crippen LogP contribution in [0.25, 0.3) is 0 Å². The molecule has 3 rings (SSSR count). The van der Waals surface area contributed by atoms with Crippen molar-refractivity contribution in [3.8, 4) is 0 Å². The molecule has 0 aliphatic rings. The molecule has 1 amide bonds. The molecular formula is C22H22N2O. The van der Waals surface area contributed by atoms with Gasteiger partial charge in [0.25, 0.3) is 0 Å². The SMILES string of the molecule is CN(Cc1ccccc1)C(C(N)=O)(c1ccccc1)c1ccccc1. The summed E-state index contributed by atoms with van der Waals surface area (Å²) in [6.07, 6.45) is 0. The number of nitrogens with two attached hydrogens (primary N) is 1. The molecule has 0 saturated heterocycles. The van der Waals surface area contributed by atoms with Crippen molar-refractivity contribution in [1.82, 2.24) is 4.90 Å². The maximum atomic E-state index is 12.8. The zero-order chi connectivity index (χ0) is 17.7. The molecule has 3 nitrogen and oxygen atoms in total. The highest BCUT2D eigenvalue weighted by atomic mass is 16.1. The van der Waals surface area contributed by atoms with Gasteiger partial charge in [-0.2, -0.15) is 0 Å². The van der Waals surface area contributed by atoms with E-state index in [4.69, 9.17) is 5.73 Å². The lowest BCUT2D eigenvalue weighted by Crippen LogP contribution is -2.53. The first-order valence-electron chi connectivity index (χ1n) is 8.32. The average Bonchev–Trinajstić information content (AvgIpc) is 2.65. The van der Waals surface area contributed by atoms with Gasteiger partial charge in [-0.25, -0.2) is 0 Å². The van der Waals surface area contributed by atoms with Crippen LogP contribution in [0.3, 0.4) is 0 Å². The number of carbonyl (C=O) groups excluding carboxylic acids is 1. The van der Waals surface area contributed by atoms with Crippen LogP contribution < -0.4 is 5.73 Å². The summed E-state index contributed by atoms with van der Waals surface area (Å²) in [5, 5.41) is 0. The molecule has 0 spiro atoms. The Labute approximate surface area is 148 Å². The van der Waals surface area contributed by atoms with Crippen LogP contribution in [0.2, 0.25) is 0 Å². The van der Waals surface area contributed by atoms with Crippen LogP contribution in [-0.4, -0.2) is 17.9 Å². The van der Waals surface area contributed by atoms with Crippen LogP contribution in [-0.2, 0) is 16.9 Å². The largest absolute Gasteiger partial charge is 0.367 e. The first-order valence-corrected chi connectivity index (χ1v) is 8.32. The molecule has 0 fully saturated rings. The Kier molecular flexibility index (Phi) is 4.96. The number of amides is 1. The molecule has 3 aromatic rings. The van der Waals surface area contributed by atoms with Gasteiger partial charge in [0.1, 0.15) is 0 Å². The molecule has 2 N–H and O–H groups in total. The van der Waals surface area contributed by atoms with Gasteiger partial charge in [0, 0.05) is 6.54 Å². The quantitative estimate of drug-likeness (QED) is 0.751. The number of nitrogens with zero attached hydrogens (tertiary/aromatic N) is 1. The zero-order valence-corrected chi connectivity index (χ0v) is 14.3. The fraction of sp³-hybridized carbons (Fsp3) is 0.136. The average molecular weight is 330 g/mol. The Morgan fingerprint density at radius 2 is 1.20 bits per heavy atom. The van der Waals surface area contributed by atoms with Crippen molar-refractivity contribution in [2.75, 3.05) is 7.05 Å². The molecule has 0 heterocycles. The van der Waals surface area contributed by atoms with Crippen LogP contribution in [0, 0.1) is 0 Å². The van der Waals surface area contributed by atoms with Gasteiger partial charge >= 0.3 is 0 Å². The molecule has 0 saturated carbocycles. The monoisotopic (exact) mass is 330 g/mol. The first-order chi connectivity index (χ1) is 12.2. The van der Waals surface area contributed by atoms with Crippen molar-refractivity contribution in [3.63, 3.8) is 0 Å². The third kappa shape index (κ3) is 3.19. The molecule has 0 unspecified atom stereocenters. The number of likely N-dealkylation sites (N-methyl/N-ethyl adjacent to an activating group) is 1. The number of benzene rings is 3. The summed E-state index contributed by atoms with van der Waals surface area (Å²) in [6, 6.07) is 29.6. The van der Waals surface area contributed by atoms with Crippen LogP contribution in [0.1, 0.15) is 16.7 Å². The molecule has 0 radical (unpaired) electrons. The molecule has 25 heavy (non-hydrogen) atoms. The Morgan fingerprint density at radius 3 is 1.60 bits per heavy atom. The van der Waals surface area contributed by atoms with Crippen molar-refractivity contribution >= 4 is 5.91 Å². The summed E-state index contributed by atoms with van der Waals surface area (Å²) < 4.78 is 0. The van der Waals surface area contributed by atoms with E-state index in [1.807, 2.05) is 90.8 Å². The molecule has 0 bridgehead atoms. The molecule has 0 aliphatic heterocycles. The van der Waals surface area contributed by atoms with Gasteiger partial charge < -0.3 is 5.73 Å². The molecule has 3 heteroatoms. The van der Waals surface area contributed by atoms with Crippen LogP contribution >= 0.6 is 0 Å². The lowest BCUT2D eigenvalue weighted by Gasteiger charge is -2.40. The van der Waals surface area contributed by atoms with E-state index < -0.39 is 5.54 Å². The lowest BCUT2D eigenvalue weighted by atomic mass is 9.80. The van der Waals surface area contributed by atoms with E-state index in [9.17, 15) is 4.79 Å². The minimum atomic E-state index is -1.03. The standard InChI is InChI=1S/C22H22N2O/c1-24(17-18-11-5-2-6-12-18)22(21(23)25,19-13-7-3-8-14-19)20-15-9-4-10-16-20/h2-16H,17H2,1H3,(H2,23,25). The van der Waals surface area contributed by atoms with Gasteiger partial charge in [0.05, 0.1) is 0 Å². The minimum Gasteiger partial charge on any atom is -0.367 e. The number of rotatable bonds is 6. The number of hydrogen-bond acceptors (Lipinski definition) is 2. The zero-order valence-electron chi connectivity index (χ0n) is 14.3. The molecule has 3 aromatic carbocycles. The Balaban J connectivity index is 2.15. The lowest BCUT2D eigenvalue weighted by molar-refractivity contribution is -0.128. The molecule has 126 valence electrons. The van der Waals surface area contributed by atoms with Gasteiger partial charge in [0.2, 0.25) is 5.91 Å². The maximum absolute atomic E-state index is 12.8. The van der Waals surface area contributed by atoms with Crippen LogP contribution in [0.5, 0.6) is 0 Å². The highest BCUT2D eigenvalue weighted by Crippen LogP contribution is 2.36. The van der Waals surface area contributed by atoms with E-state index in [0.717, 1.165) is 16.7 Å². The summed E-state index contributed by atoms with van der Waals surface area (Å²) in [7, 11) is 1.94. The molecular weight excluding hydrogens is 308 g/mol. The predicted molar refractivity (Wildman–Crippen MR) is 101 cm³/mol. The molecule has 0 aliphatic carbocycles. The number of carbonyl (C=O) groups is 1. The number of primary amides is 1. The normalized spacial score (nSPS) is 11.4. The first kappa shape index (κ1) is 16.9. The van der Waals surface area contributed by atoms with E-state index in [0.29, 0.717) is 6.54 Å². The minimum absolute atomic E-state index is 0.386. The summed E-state index contributed by atoms with van der Waals surface area (Å²) in [6.45, 7) is 0.605. The van der Waals surface area contributed by atoms with Crippen molar-refractivity contribution < 1.29 is 4.79 Å². The fourth-order valence-corrected chi connectivity index (χ4v) is 3.41. The van der Waals surface area contributed by atoms with E-state index in [2.05, 4.69) is 12.1 Å². The van der Waals surface area contributed by atoms with Crippen molar-refractivity contribution in [3.05, 3.63) is 108 Å². The highest BCUT2D eigenvalue weighted by molar-refractivity contribution is 5.90. The number of hydrogen-bond donors (Lipinski definition) is 1. The Morgan fingerprint density at radius 1 is 0.800 bits per heavy atom. The maximum Gasteiger partial charge on any atom is 0.247 e. The van der Waals surface area contributed by atoms with E-state index in [1.165, 1.54) is 0 Å². The smallest absolute Gasteiger partial charge is 0.247 e. The van der Waals surface area contributed by atoms with Crippen molar-refractivity contribution in [1.29, 1.82) is 0 Å². The van der Waals surface area contributed by atoms with Gasteiger partial charge in [0.15, 0.2) is 5.54 Å².